The topological polar surface area (TPSA) is 28.7 Å². The van der Waals surface area contributed by atoms with Crippen LogP contribution in [0.25, 0.3) is 0 Å². The van der Waals surface area contributed by atoms with Crippen LogP contribution in [0, 0.1) is 5.82 Å². The normalized spacial score (nSPS) is 20.0. The zero-order valence-corrected chi connectivity index (χ0v) is 12.2. The molecule has 2 unspecified atom stereocenters. The van der Waals surface area contributed by atoms with E-state index < -0.39 is 0 Å². The first-order valence-electron chi connectivity index (χ1n) is 7.64. The van der Waals surface area contributed by atoms with Crippen LogP contribution in [0.3, 0.4) is 0 Å². The summed E-state index contributed by atoms with van der Waals surface area (Å²) >= 11 is 0. The Kier molecular flexibility index (Phi) is 3.26. The fourth-order valence-electron chi connectivity index (χ4n) is 3.64. The van der Waals surface area contributed by atoms with E-state index in [0.29, 0.717) is 5.92 Å². The summed E-state index contributed by atoms with van der Waals surface area (Å²) in [5.74, 6) is 0.424. The molecule has 0 saturated carbocycles. The fraction of sp³-hybridized carbons (Fsp3) is 0.211. The Bertz CT molecular complexity index is 780. The van der Waals surface area contributed by atoms with Gasteiger partial charge in [-0.1, -0.05) is 42.5 Å². The number of fused-ring (bicyclic) bond motifs is 1. The third-order valence-electron chi connectivity index (χ3n) is 4.62. The standard InChI is InChI=1S/C19H17FN2/c20-19-8-4-3-7-17(19)18-10-13(9-14-11-21-12-22-14)15-5-1-2-6-16(15)18/h1-8,11-13,18H,9-10H2,(H,21,22). The van der Waals surface area contributed by atoms with Crippen LogP contribution < -0.4 is 0 Å². The van der Waals surface area contributed by atoms with Crippen LogP contribution in [0.5, 0.6) is 0 Å². The minimum atomic E-state index is -0.109. The van der Waals surface area contributed by atoms with Gasteiger partial charge < -0.3 is 4.98 Å². The highest BCUT2D eigenvalue weighted by Gasteiger charge is 2.33. The van der Waals surface area contributed by atoms with Gasteiger partial charge in [-0.25, -0.2) is 9.37 Å². The average molecular weight is 292 g/mol. The highest BCUT2D eigenvalue weighted by molar-refractivity contribution is 5.45. The van der Waals surface area contributed by atoms with Crippen molar-refractivity contribution in [1.82, 2.24) is 9.97 Å². The van der Waals surface area contributed by atoms with Crippen LogP contribution in [0.4, 0.5) is 4.39 Å². The summed E-state index contributed by atoms with van der Waals surface area (Å²) in [4.78, 5) is 7.35. The number of rotatable bonds is 3. The fourth-order valence-corrected chi connectivity index (χ4v) is 3.64. The summed E-state index contributed by atoms with van der Waals surface area (Å²) in [6.45, 7) is 0. The molecule has 1 aromatic heterocycles. The minimum Gasteiger partial charge on any atom is -0.351 e. The summed E-state index contributed by atoms with van der Waals surface area (Å²) in [6, 6.07) is 15.6. The Balaban J connectivity index is 1.72. The maximum absolute atomic E-state index is 14.2. The smallest absolute Gasteiger partial charge is 0.127 e. The molecule has 2 aromatic carbocycles. The predicted molar refractivity (Wildman–Crippen MR) is 84.3 cm³/mol. The summed E-state index contributed by atoms with van der Waals surface area (Å²) in [6.07, 6.45) is 5.49. The lowest BCUT2D eigenvalue weighted by atomic mass is 9.91. The Morgan fingerprint density at radius 1 is 1.00 bits per heavy atom. The van der Waals surface area contributed by atoms with Crippen LogP contribution in [0.1, 0.15) is 40.6 Å². The molecule has 0 fully saturated rings. The number of hydrogen-bond donors (Lipinski definition) is 1. The molecule has 2 nitrogen and oxygen atoms in total. The van der Waals surface area contributed by atoms with Crippen molar-refractivity contribution in [1.29, 1.82) is 0 Å². The number of aromatic amines is 1. The number of aromatic nitrogens is 2. The molecular weight excluding hydrogens is 275 g/mol. The van der Waals surface area contributed by atoms with E-state index in [-0.39, 0.29) is 11.7 Å². The van der Waals surface area contributed by atoms with Crippen LogP contribution >= 0.6 is 0 Å². The van der Waals surface area contributed by atoms with E-state index >= 15 is 0 Å². The van der Waals surface area contributed by atoms with Gasteiger partial charge in [-0.3, -0.25) is 0 Å². The van der Waals surface area contributed by atoms with Crippen molar-refractivity contribution >= 4 is 0 Å². The monoisotopic (exact) mass is 292 g/mol. The van der Waals surface area contributed by atoms with Crippen LogP contribution in [-0.4, -0.2) is 9.97 Å². The molecule has 1 aliphatic carbocycles. The summed E-state index contributed by atoms with van der Waals surface area (Å²) in [5, 5.41) is 0. The Morgan fingerprint density at radius 2 is 1.73 bits per heavy atom. The minimum absolute atomic E-state index is 0.109. The first-order valence-corrected chi connectivity index (χ1v) is 7.64. The highest BCUT2D eigenvalue weighted by Crippen LogP contribution is 2.46. The van der Waals surface area contributed by atoms with E-state index in [2.05, 4.69) is 28.2 Å². The van der Waals surface area contributed by atoms with Gasteiger partial charge in [0.15, 0.2) is 0 Å². The highest BCUT2D eigenvalue weighted by atomic mass is 19.1. The maximum atomic E-state index is 14.2. The lowest BCUT2D eigenvalue weighted by molar-refractivity contribution is 0.573. The number of benzene rings is 2. The quantitative estimate of drug-likeness (QED) is 0.761. The SMILES string of the molecule is Fc1ccccc1C1CC(Cc2c[nH]cn2)c2ccccc21. The lowest BCUT2D eigenvalue weighted by Gasteiger charge is -2.13. The molecule has 4 rings (SSSR count). The van der Waals surface area contributed by atoms with Crippen molar-refractivity contribution in [3.63, 3.8) is 0 Å². The molecule has 0 bridgehead atoms. The Hall–Kier alpha value is -2.42. The van der Waals surface area contributed by atoms with E-state index in [0.717, 1.165) is 24.1 Å². The summed E-state index contributed by atoms with van der Waals surface area (Å²) in [5.41, 5.74) is 4.46. The van der Waals surface area contributed by atoms with Crippen molar-refractivity contribution < 1.29 is 4.39 Å². The molecule has 1 N–H and O–H groups in total. The third-order valence-corrected chi connectivity index (χ3v) is 4.62. The van der Waals surface area contributed by atoms with Gasteiger partial charge >= 0.3 is 0 Å². The van der Waals surface area contributed by atoms with E-state index in [1.807, 2.05) is 24.4 Å². The van der Waals surface area contributed by atoms with Gasteiger partial charge in [0.25, 0.3) is 0 Å². The number of halogens is 1. The molecule has 0 aliphatic heterocycles. The van der Waals surface area contributed by atoms with E-state index in [4.69, 9.17) is 0 Å². The predicted octanol–water partition coefficient (Wildman–Crippen LogP) is 4.41. The van der Waals surface area contributed by atoms with Crippen molar-refractivity contribution in [2.45, 2.75) is 24.7 Å². The molecule has 2 atom stereocenters. The molecule has 0 saturated heterocycles. The van der Waals surface area contributed by atoms with E-state index in [9.17, 15) is 4.39 Å². The van der Waals surface area contributed by atoms with Gasteiger partial charge in [0, 0.05) is 12.1 Å². The molecule has 0 radical (unpaired) electrons. The van der Waals surface area contributed by atoms with Crippen LogP contribution in [-0.2, 0) is 6.42 Å². The number of hydrogen-bond acceptors (Lipinski definition) is 1. The Morgan fingerprint density at radius 3 is 2.45 bits per heavy atom. The van der Waals surface area contributed by atoms with E-state index in [1.54, 1.807) is 18.5 Å². The number of nitrogens with one attached hydrogen (secondary N) is 1. The van der Waals surface area contributed by atoms with Crippen LogP contribution in [0.2, 0.25) is 0 Å². The second-order valence-electron chi connectivity index (χ2n) is 5.90. The molecular formula is C19H17FN2. The summed E-state index contributed by atoms with van der Waals surface area (Å²) < 4.78 is 14.2. The summed E-state index contributed by atoms with van der Waals surface area (Å²) in [7, 11) is 0. The number of H-pyrrole nitrogens is 1. The Labute approximate surface area is 129 Å². The zero-order chi connectivity index (χ0) is 14.9. The van der Waals surface area contributed by atoms with Gasteiger partial charge in [0.05, 0.1) is 12.0 Å². The van der Waals surface area contributed by atoms with E-state index in [1.165, 1.54) is 11.1 Å². The molecule has 110 valence electrons. The molecule has 3 heteroatoms. The first-order chi connectivity index (χ1) is 10.8. The van der Waals surface area contributed by atoms with Crippen molar-refractivity contribution in [3.8, 4) is 0 Å². The largest absolute Gasteiger partial charge is 0.351 e. The van der Waals surface area contributed by atoms with Crippen molar-refractivity contribution in [2.24, 2.45) is 0 Å². The van der Waals surface area contributed by atoms with Gasteiger partial charge in [0.1, 0.15) is 5.82 Å². The molecule has 3 aromatic rings. The number of imidazole rings is 1. The average Bonchev–Trinajstić information content (AvgIpc) is 3.17. The second-order valence-corrected chi connectivity index (χ2v) is 5.90. The van der Waals surface area contributed by atoms with Gasteiger partial charge in [0.2, 0.25) is 0 Å². The molecule has 0 amide bonds. The number of nitrogens with zero attached hydrogens (tertiary/aromatic N) is 1. The van der Waals surface area contributed by atoms with Crippen LogP contribution in [0.15, 0.2) is 61.1 Å². The zero-order valence-electron chi connectivity index (χ0n) is 12.2. The molecule has 1 heterocycles. The molecule has 1 aliphatic rings. The van der Waals surface area contributed by atoms with Gasteiger partial charge in [-0.05, 0) is 41.5 Å². The van der Waals surface area contributed by atoms with Gasteiger partial charge in [-0.2, -0.15) is 0 Å². The van der Waals surface area contributed by atoms with Crippen molar-refractivity contribution in [2.75, 3.05) is 0 Å². The maximum Gasteiger partial charge on any atom is 0.127 e. The first kappa shape index (κ1) is 13.3. The lowest BCUT2D eigenvalue weighted by Crippen LogP contribution is -2.01. The second kappa shape index (κ2) is 5.41. The van der Waals surface area contributed by atoms with Crippen molar-refractivity contribution in [3.05, 3.63) is 89.3 Å². The third kappa shape index (κ3) is 2.23. The molecule has 0 spiro atoms. The van der Waals surface area contributed by atoms with Gasteiger partial charge in [-0.15, -0.1) is 0 Å². The molecule has 22 heavy (non-hydrogen) atoms.